The molecule has 0 saturated carbocycles. The van der Waals surface area contributed by atoms with Crippen molar-refractivity contribution in [3.8, 4) is 11.8 Å². The van der Waals surface area contributed by atoms with Gasteiger partial charge in [0.15, 0.2) is 0 Å². The van der Waals surface area contributed by atoms with Crippen molar-refractivity contribution in [2.45, 2.75) is 13.0 Å². The zero-order valence-corrected chi connectivity index (χ0v) is 12.3. The van der Waals surface area contributed by atoms with Crippen molar-refractivity contribution in [2.24, 2.45) is 0 Å². The van der Waals surface area contributed by atoms with E-state index in [2.05, 4.69) is 0 Å². The molecule has 108 valence electrons. The third-order valence-corrected chi connectivity index (χ3v) is 3.64. The third kappa shape index (κ3) is 3.14. The Morgan fingerprint density at radius 3 is 2.43 bits per heavy atom. The van der Waals surface area contributed by atoms with Gasteiger partial charge in [-0.1, -0.05) is 12.1 Å². The van der Waals surface area contributed by atoms with E-state index in [4.69, 9.17) is 10.00 Å². The molecule has 0 aromatic heterocycles. The van der Waals surface area contributed by atoms with Gasteiger partial charge in [-0.3, -0.25) is 0 Å². The zero-order chi connectivity index (χ0) is 15.4. The Labute approximate surface area is 124 Å². The fourth-order valence-corrected chi connectivity index (χ4v) is 2.22. The van der Waals surface area contributed by atoms with Crippen LogP contribution in [0.3, 0.4) is 0 Å². The Bertz CT molecular complexity index is 661. The topological polar surface area (TPSA) is 36.3 Å². The molecule has 0 aliphatic rings. The van der Waals surface area contributed by atoms with Gasteiger partial charge in [0.05, 0.1) is 24.4 Å². The van der Waals surface area contributed by atoms with Crippen molar-refractivity contribution in [3.63, 3.8) is 0 Å². The molecule has 2 aromatic rings. The SMILES string of the molecule is COc1ccc(C(C)N(C)c2ccc(F)cc2C#N)cc1. The van der Waals surface area contributed by atoms with Gasteiger partial charge in [-0.25, -0.2) is 4.39 Å². The van der Waals surface area contributed by atoms with Gasteiger partial charge in [0.2, 0.25) is 0 Å². The molecule has 21 heavy (non-hydrogen) atoms. The quantitative estimate of drug-likeness (QED) is 0.854. The first-order valence-electron chi connectivity index (χ1n) is 6.63. The number of anilines is 1. The Balaban J connectivity index is 2.30. The fourth-order valence-electron chi connectivity index (χ4n) is 2.22. The molecule has 0 saturated heterocycles. The molecule has 4 heteroatoms. The van der Waals surface area contributed by atoms with E-state index in [1.807, 2.05) is 49.2 Å². The summed E-state index contributed by atoms with van der Waals surface area (Å²) in [6.07, 6.45) is 0. The first-order valence-corrected chi connectivity index (χ1v) is 6.63. The minimum absolute atomic E-state index is 0.0495. The van der Waals surface area contributed by atoms with Crippen LogP contribution in [0.25, 0.3) is 0 Å². The largest absolute Gasteiger partial charge is 0.497 e. The van der Waals surface area contributed by atoms with E-state index < -0.39 is 5.82 Å². The van der Waals surface area contributed by atoms with E-state index in [0.717, 1.165) is 11.3 Å². The van der Waals surface area contributed by atoms with Gasteiger partial charge in [-0.15, -0.1) is 0 Å². The number of nitriles is 1. The Kier molecular flexibility index (Phi) is 4.44. The highest BCUT2D eigenvalue weighted by Crippen LogP contribution is 2.29. The molecule has 0 radical (unpaired) electrons. The number of benzene rings is 2. The number of hydrogen-bond donors (Lipinski definition) is 0. The van der Waals surface area contributed by atoms with Crippen molar-refractivity contribution in [3.05, 3.63) is 59.4 Å². The molecular formula is C17H17FN2O. The second-order valence-electron chi connectivity index (χ2n) is 4.83. The van der Waals surface area contributed by atoms with E-state index in [0.29, 0.717) is 11.3 Å². The maximum absolute atomic E-state index is 13.2. The molecule has 0 fully saturated rings. The van der Waals surface area contributed by atoms with Gasteiger partial charge < -0.3 is 9.64 Å². The number of methoxy groups -OCH3 is 1. The maximum atomic E-state index is 13.2. The van der Waals surface area contributed by atoms with E-state index in [1.165, 1.54) is 12.1 Å². The number of hydrogen-bond acceptors (Lipinski definition) is 3. The molecule has 0 amide bonds. The average molecular weight is 284 g/mol. The molecule has 1 atom stereocenters. The summed E-state index contributed by atoms with van der Waals surface area (Å²) in [5.74, 6) is 0.397. The predicted octanol–water partition coefficient (Wildman–Crippen LogP) is 3.90. The second kappa shape index (κ2) is 6.27. The highest BCUT2D eigenvalue weighted by atomic mass is 19.1. The molecule has 1 unspecified atom stereocenters. The van der Waals surface area contributed by atoms with Crippen LogP contribution in [-0.4, -0.2) is 14.2 Å². The normalized spacial score (nSPS) is 11.6. The lowest BCUT2D eigenvalue weighted by Crippen LogP contribution is -2.22. The van der Waals surface area contributed by atoms with Crippen LogP contribution in [0.1, 0.15) is 24.1 Å². The molecule has 0 aliphatic carbocycles. The number of rotatable bonds is 4. The molecule has 0 spiro atoms. The van der Waals surface area contributed by atoms with Gasteiger partial charge >= 0.3 is 0 Å². The zero-order valence-electron chi connectivity index (χ0n) is 12.3. The predicted molar refractivity (Wildman–Crippen MR) is 80.9 cm³/mol. The monoisotopic (exact) mass is 284 g/mol. The summed E-state index contributed by atoms with van der Waals surface area (Å²) < 4.78 is 18.4. The lowest BCUT2D eigenvalue weighted by Gasteiger charge is -2.28. The molecule has 2 rings (SSSR count). The van der Waals surface area contributed by atoms with Gasteiger partial charge in [0.1, 0.15) is 17.6 Å². The minimum atomic E-state index is -0.402. The van der Waals surface area contributed by atoms with Crippen molar-refractivity contribution < 1.29 is 9.13 Å². The average Bonchev–Trinajstić information content (AvgIpc) is 2.53. The first-order chi connectivity index (χ1) is 10.1. The maximum Gasteiger partial charge on any atom is 0.124 e. The molecule has 0 aliphatic heterocycles. The van der Waals surface area contributed by atoms with Gasteiger partial charge in [-0.05, 0) is 42.8 Å². The van der Waals surface area contributed by atoms with Crippen molar-refractivity contribution in [2.75, 3.05) is 19.1 Å². The standard InChI is InChI=1S/C17H17FN2O/c1-12(13-4-7-16(21-3)8-5-13)20(2)17-9-6-15(18)10-14(17)11-19/h4-10,12H,1-3H3. The lowest BCUT2D eigenvalue weighted by atomic mass is 10.1. The first kappa shape index (κ1) is 14.9. The van der Waals surface area contributed by atoms with E-state index in [9.17, 15) is 4.39 Å². The Morgan fingerprint density at radius 1 is 1.19 bits per heavy atom. The van der Waals surface area contributed by atoms with E-state index in [-0.39, 0.29) is 6.04 Å². The molecular weight excluding hydrogens is 267 g/mol. The smallest absolute Gasteiger partial charge is 0.124 e. The Hall–Kier alpha value is -2.54. The molecule has 0 bridgehead atoms. The van der Waals surface area contributed by atoms with Crippen LogP contribution in [0.2, 0.25) is 0 Å². The fraction of sp³-hybridized carbons (Fsp3) is 0.235. The van der Waals surface area contributed by atoms with Crippen LogP contribution < -0.4 is 9.64 Å². The number of halogens is 1. The van der Waals surface area contributed by atoms with Crippen LogP contribution in [0.15, 0.2) is 42.5 Å². The molecule has 0 N–H and O–H groups in total. The molecule has 0 heterocycles. The van der Waals surface area contributed by atoms with Gasteiger partial charge in [0, 0.05) is 7.05 Å². The van der Waals surface area contributed by atoms with E-state index >= 15 is 0 Å². The van der Waals surface area contributed by atoms with Crippen molar-refractivity contribution in [1.82, 2.24) is 0 Å². The summed E-state index contributed by atoms with van der Waals surface area (Å²) in [5.41, 5.74) is 2.13. The highest BCUT2D eigenvalue weighted by Gasteiger charge is 2.16. The summed E-state index contributed by atoms with van der Waals surface area (Å²) in [5, 5.41) is 9.15. The number of nitrogens with zero attached hydrogens (tertiary/aromatic N) is 2. The van der Waals surface area contributed by atoms with Crippen LogP contribution in [0, 0.1) is 17.1 Å². The third-order valence-electron chi connectivity index (χ3n) is 3.64. The summed E-state index contributed by atoms with van der Waals surface area (Å²) >= 11 is 0. The molecule has 3 nitrogen and oxygen atoms in total. The van der Waals surface area contributed by atoms with Gasteiger partial charge in [-0.2, -0.15) is 5.26 Å². The van der Waals surface area contributed by atoms with E-state index in [1.54, 1.807) is 13.2 Å². The van der Waals surface area contributed by atoms with Crippen molar-refractivity contribution in [1.29, 1.82) is 5.26 Å². The summed E-state index contributed by atoms with van der Waals surface area (Å²) in [7, 11) is 3.52. The highest BCUT2D eigenvalue weighted by molar-refractivity contribution is 5.60. The van der Waals surface area contributed by atoms with Gasteiger partial charge in [0.25, 0.3) is 0 Å². The molecule has 2 aromatic carbocycles. The number of ether oxygens (including phenoxy) is 1. The lowest BCUT2D eigenvalue weighted by molar-refractivity contribution is 0.414. The van der Waals surface area contributed by atoms with Crippen LogP contribution >= 0.6 is 0 Å². The second-order valence-corrected chi connectivity index (χ2v) is 4.83. The van der Waals surface area contributed by atoms with Crippen LogP contribution in [0.5, 0.6) is 5.75 Å². The summed E-state index contributed by atoms with van der Waals surface area (Å²) in [6.45, 7) is 2.03. The summed E-state index contributed by atoms with van der Waals surface area (Å²) in [4.78, 5) is 1.96. The Morgan fingerprint density at radius 2 is 1.86 bits per heavy atom. The van der Waals surface area contributed by atoms with Crippen LogP contribution in [-0.2, 0) is 0 Å². The minimum Gasteiger partial charge on any atom is -0.497 e. The summed E-state index contributed by atoms with van der Waals surface area (Å²) in [6, 6.07) is 14.1. The van der Waals surface area contributed by atoms with Crippen molar-refractivity contribution >= 4 is 5.69 Å². The van der Waals surface area contributed by atoms with Crippen LogP contribution in [0.4, 0.5) is 10.1 Å².